The number of carbonyl (C=O) groups excluding carboxylic acids is 1. The number of anilines is 2. The minimum atomic E-state index is -3.45. The van der Waals surface area contributed by atoms with Crippen LogP contribution in [0.1, 0.15) is 27.2 Å². The Balaban J connectivity index is 1.85. The number of sulfonamides is 1. The molecule has 30 heavy (non-hydrogen) atoms. The van der Waals surface area contributed by atoms with Crippen LogP contribution < -0.4 is 10.0 Å². The first-order valence-electron chi connectivity index (χ1n) is 8.91. The van der Waals surface area contributed by atoms with Crippen LogP contribution in [0.4, 0.5) is 11.4 Å². The number of halogens is 2. The highest BCUT2D eigenvalue weighted by molar-refractivity contribution is 7.92. The van der Waals surface area contributed by atoms with Gasteiger partial charge in [0.2, 0.25) is 10.0 Å². The Bertz CT molecular complexity index is 1220. The number of carbonyl (C=O) groups is 1. The van der Waals surface area contributed by atoms with Gasteiger partial charge in [0.1, 0.15) is 5.15 Å². The molecule has 3 rings (SSSR count). The van der Waals surface area contributed by atoms with Gasteiger partial charge in [-0.05, 0) is 43.2 Å². The Kier molecular flexibility index (Phi) is 6.40. The molecule has 0 unspecified atom stereocenters. The zero-order valence-electron chi connectivity index (χ0n) is 16.5. The van der Waals surface area contributed by atoms with Gasteiger partial charge in [0.25, 0.3) is 5.91 Å². The van der Waals surface area contributed by atoms with Crippen LogP contribution in [0.5, 0.6) is 0 Å². The summed E-state index contributed by atoms with van der Waals surface area (Å²) in [5, 5.41) is 7.88. The molecule has 2 aromatic carbocycles. The van der Waals surface area contributed by atoms with Crippen LogP contribution in [0, 0.1) is 13.8 Å². The van der Waals surface area contributed by atoms with Crippen molar-refractivity contribution >= 4 is 50.5 Å². The van der Waals surface area contributed by atoms with E-state index in [2.05, 4.69) is 15.1 Å². The van der Waals surface area contributed by atoms with E-state index < -0.39 is 15.9 Å². The van der Waals surface area contributed by atoms with Crippen LogP contribution >= 0.6 is 23.2 Å². The Morgan fingerprint density at radius 1 is 1.13 bits per heavy atom. The maximum Gasteiger partial charge on any atom is 0.260 e. The zero-order valence-corrected chi connectivity index (χ0v) is 18.9. The van der Waals surface area contributed by atoms with Crippen LogP contribution in [0.2, 0.25) is 10.2 Å². The second-order valence-electron chi connectivity index (χ2n) is 6.86. The summed E-state index contributed by atoms with van der Waals surface area (Å²) < 4.78 is 27.0. The molecule has 158 valence electrons. The first-order valence-corrected chi connectivity index (χ1v) is 11.6. The number of benzene rings is 2. The summed E-state index contributed by atoms with van der Waals surface area (Å²) in [6.07, 6.45) is 1.06. The van der Waals surface area contributed by atoms with Crippen molar-refractivity contribution in [2.45, 2.75) is 20.4 Å². The molecule has 0 saturated heterocycles. The summed E-state index contributed by atoms with van der Waals surface area (Å²) >= 11 is 12.6. The van der Waals surface area contributed by atoms with Crippen molar-refractivity contribution in [2.75, 3.05) is 16.3 Å². The number of aryl methyl sites for hydroxylation is 2. The minimum Gasteiger partial charge on any atom is -0.322 e. The fourth-order valence-corrected chi connectivity index (χ4v) is 4.04. The molecule has 1 amide bonds. The first-order chi connectivity index (χ1) is 14.0. The van der Waals surface area contributed by atoms with E-state index in [1.807, 2.05) is 18.2 Å². The molecular formula is C20H20Cl2N4O3S. The molecular weight excluding hydrogens is 447 g/mol. The summed E-state index contributed by atoms with van der Waals surface area (Å²) in [4.78, 5) is 12.9. The number of nitrogens with zero attached hydrogens (tertiary/aromatic N) is 2. The summed E-state index contributed by atoms with van der Waals surface area (Å²) in [7, 11) is -3.45. The molecule has 1 aromatic heterocycles. The lowest BCUT2D eigenvalue weighted by molar-refractivity contribution is 0.102. The molecule has 0 fully saturated rings. The number of rotatable bonds is 6. The van der Waals surface area contributed by atoms with E-state index in [0.29, 0.717) is 28.6 Å². The largest absolute Gasteiger partial charge is 0.322 e. The Morgan fingerprint density at radius 2 is 1.83 bits per heavy atom. The molecule has 7 nitrogen and oxygen atoms in total. The molecule has 0 bridgehead atoms. The lowest BCUT2D eigenvalue weighted by atomic mass is 10.1. The second kappa shape index (κ2) is 8.67. The van der Waals surface area contributed by atoms with Gasteiger partial charge in [0.15, 0.2) is 0 Å². The molecule has 1 heterocycles. The van der Waals surface area contributed by atoms with Gasteiger partial charge in [-0.2, -0.15) is 5.10 Å². The molecule has 0 radical (unpaired) electrons. The summed E-state index contributed by atoms with van der Waals surface area (Å²) in [6.45, 7) is 3.77. The van der Waals surface area contributed by atoms with E-state index in [4.69, 9.17) is 23.2 Å². The van der Waals surface area contributed by atoms with E-state index in [1.54, 1.807) is 38.1 Å². The van der Waals surface area contributed by atoms with Crippen molar-refractivity contribution in [3.05, 3.63) is 75.0 Å². The van der Waals surface area contributed by atoms with Gasteiger partial charge < -0.3 is 5.32 Å². The molecule has 0 atom stereocenters. The average Bonchev–Trinajstić information content (AvgIpc) is 2.92. The molecule has 3 aromatic rings. The van der Waals surface area contributed by atoms with Crippen LogP contribution in [0.3, 0.4) is 0 Å². The maximum atomic E-state index is 12.9. The molecule has 2 N–H and O–H groups in total. The Morgan fingerprint density at radius 3 is 2.50 bits per heavy atom. The Labute approximate surface area is 185 Å². The van der Waals surface area contributed by atoms with Crippen LogP contribution in [-0.4, -0.2) is 30.4 Å². The van der Waals surface area contributed by atoms with E-state index in [9.17, 15) is 13.2 Å². The third-order valence-corrected chi connectivity index (χ3v) is 5.70. The summed E-state index contributed by atoms with van der Waals surface area (Å²) in [5.41, 5.74) is 3.05. The molecule has 0 aliphatic rings. The quantitative estimate of drug-likeness (QED) is 0.559. The molecule has 10 heteroatoms. The smallest absolute Gasteiger partial charge is 0.260 e. The van der Waals surface area contributed by atoms with Crippen molar-refractivity contribution in [2.24, 2.45) is 0 Å². The molecule has 0 spiro atoms. The fourth-order valence-electron chi connectivity index (χ4n) is 2.91. The van der Waals surface area contributed by atoms with Gasteiger partial charge in [0, 0.05) is 10.7 Å². The standard InChI is InChI=1S/C20H20Cl2N4O3S/c1-12-8-9-15(10-17(12)25-30(3,28)29)23-20(27)18-13(2)24-26(19(18)22)11-14-6-4-5-7-16(14)21/h4-10,25H,11H2,1-3H3,(H,23,27). The highest BCUT2D eigenvalue weighted by Gasteiger charge is 2.21. The zero-order chi connectivity index (χ0) is 22.1. The first kappa shape index (κ1) is 22.1. The highest BCUT2D eigenvalue weighted by Crippen LogP contribution is 2.26. The lowest BCUT2D eigenvalue weighted by Crippen LogP contribution is -2.15. The fraction of sp³-hybridized carbons (Fsp3) is 0.200. The number of amides is 1. The normalized spacial score (nSPS) is 11.4. The van der Waals surface area contributed by atoms with Crippen molar-refractivity contribution in [1.82, 2.24) is 9.78 Å². The van der Waals surface area contributed by atoms with Gasteiger partial charge in [-0.15, -0.1) is 0 Å². The van der Waals surface area contributed by atoms with E-state index >= 15 is 0 Å². The van der Waals surface area contributed by atoms with Crippen LogP contribution in [-0.2, 0) is 16.6 Å². The predicted octanol–water partition coefficient (Wildman–Crippen LogP) is 4.48. The van der Waals surface area contributed by atoms with Crippen molar-refractivity contribution in [3.63, 3.8) is 0 Å². The number of hydrogen-bond acceptors (Lipinski definition) is 4. The average molecular weight is 467 g/mol. The van der Waals surface area contributed by atoms with Gasteiger partial charge >= 0.3 is 0 Å². The van der Waals surface area contributed by atoms with Gasteiger partial charge in [-0.1, -0.05) is 47.5 Å². The van der Waals surface area contributed by atoms with Crippen LogP contribution in [0.15, 0.2) is 42.5 Å². The van der Waals surface area contributed by atoms with E-state index in [0.717, 1.165) is 17.4 Å². The molecule has 0 aliphatic heterocycles. The van der Waals surface area contributed by atoms with Gasteiger partial charge in [0.05, 0.1) is 29.7 Å². The number of nitrogens with one attached hydrogen (secondary N) is 2. The third-order valence-electron chi connectivity index (χ3n) is 4.36. The van der Waals surface area contributed by atoms with Crippen molar-refractivity contribution < 1.29 is 13.2 Å². The van der Waals surface area contributed by atoms with Crippen molar-refractivity contribution in [3.8, 4) is 0 Å². The van der Waals surface area contributed by atoms with Crippen molar-refractivity contribution in [1.29, 1.82) is 0 Å². The molecule has 0 aliphatic carbocycles. The van der Waals surface area contributed by atoms with Gasteiger partial charge in [-0.25, -0.2) is 13.1 Å². The Hall–Kier alpha value is -2.55. The SMILES string of the molecule is Cc1ccc(NC(=O)c2c(C)nn(Cc3ccccc3Cl)c2Cl)cc1NS(C)(=O)=O. The van der Waals surface area contributed by atoms with E-state index in [1.165, 1.54) is 4.68 Å². The summed E-state index contributed by atoms with van der Waals surface area (Å²) in [6, 6.07) is 12.3. The summed E-state index contributed by atoms with van der Waals surface area (Å²) in [5.74, 6) is -0.447. The number of hydrogen-bond donors (Lipinski definition) is 2. The third kappa shape index (κ3) is 5.13. The van der Waals surface area contributed by atoms with Crippen LogP contribution in [0.25, 0.3) is 0 Å². The lowest BCUT2D eigenvalue weighted by Gasteiger charge is -2.11. The predicted molar refractivity (Wildman–Crippen MR) is 120 cm³/mol. The number of aromatic nitrogens is 2. The van der Waals surface area contributed by atoms with E-state index in [-0.39, 0.29) is 10.7 Å². The molecule has 0 saturated carbocycles. The monoisotopic (exact) mass is 466 g/mol. The maximum absolute atomic E-state index is 12.9. The highest BCUT2D eigenvalue weighted by atomic mass is 35.5. The second-order valence-corrected chi connectivity index (χ2v) is 9.37. The minimum absolute atomic E-state index is 0.187. The van der Waals surface area contributed by atoms with Gasteiger partial charge in [-0.3, -0.25) is 9.52 Å². The topological polar surface area (TPSA) is 93.1 Å².